The van der Waals surface area contributed by atoms with E-state index in [2.05, 4.69) is 173 Å². The Labute approximate surface area is 265 Å². The van der Waals surface area contributed by atoms with Crippen LogP contribution in [0.1, 0.15) is 0 Å². The maximum atomic E-state index is 5.16. The molecule has 214 valence electrons. The molecule has 0 fully saturated rings. The summed E-state index contributed by atoms with van der Waals surface area (Å²) in [6.07, 6.45) is 0. The Morgan fingerprint density at radius 2 is 1.00 bits per heavy atom. The molecular formula is C43H27N3. The molecular weight excluding hydrogens is 558 g/mol. The molecule has 3 heteroatoms. The first-order chi connectivity index (χ1) is 22.9. The molecule has 6 aromatic carbocycles. The lowest BCUT2D eigenvalue weighted by molar-refractivity contribution is 1.13. The van der Waals surface area contributed by atoms with Gasteiger partial charge in [-0.2, -0.15) is 0 Å². The molecule has 46 heavy (non-hydrogen) atoms. The van der Waals surface area contributed by atoms with Crippen molar-refractivity contribution < 1.29 is 0 Å². The van der Waals surface area contributed by atoms with Crippen molar-refractivity contribution >= 4 is 60.0 Å². The molecule has 3 nitrogen and oxygen atoms in total. The van der Waals surface area contributed by atoms with Crippen LogP contribution >= 0.6 is 0 Å². The third-order valence-electron chi connectivity index (χ3n) is 9.46. The van der Waals surface area contributed by atoms with Gasteiger partial charge in [-0.1, -0.05) is 140 Å². The summed E-state index contributed by atoms with van der Waals surface area (Å²) in [6.45, 7) is 0. The molecule has 0 unspecified atom stereocenters. The largest absolute Gasteiger partial charge is 0.294 e. The van der Waals surface area contributed by atoms with E-state index in [1.165, 1.54) is 54.6 Å². The second kappa shape index (κ2) is 9.65. The molecule has 0 radical (unpaired) electrons. The van der Waals surface area contributed by atoms with Gasteiger partial charge < -0.3 is 0 Å². The third kappa shape index (κ3) is 3.45. The molecule has 0 aliphatic rings. The smallest absolute Gasteiger partial charge is 0.131 e. The molecule has 10 rings (SSSR count). The zero-order chi connectivity index (χ0) is 30.2. The van der Waals surface area contributed by atoms with E-state index in [4.69, 9.17) is 4.98 Å². The lowest BCUT2D eigenvalue weighted by atomic mass is 9.98. The topological polar surface area (TPSA) is 22.2 Å². The van der Waals surface area contributed by atoms with Gasteiger partial charge in [-0.3, -0.25) is 8.97 Å². The van der Waals surface area contributed by atoms with Crippen LogP contribution in [0, 0.1) is 0 Å². The molecule has 10 aromatic rings. The number of fused-ring (bicyclic) bond motifs is 11. The number of para-hydroxylation sites is 3. The number of hydrogen-bond donors (Lipinski definition) is 0. The first-order valence-electron chi connectivity index (χ1n) is 15.7. The zero-order valence-corrected chi connectivity index (χ0v) is 24.9. The van der Waals surface area contributed by atoms with Crippen molar-refractivity contribution in [1.82, 2.24) is 14.0 Å². The maximum Gasteiger partial charge on any atom is 0.131 e. The van der Waals surface area contributed by atoms with E-state index >= 15 is 0 Å². The zero-order valence-electron chi connectivity index (χ0n) is 24.9. The summed E-state index contributed by atoms with van der Waals surface area (Å²) in [5.41, 5.74) is 11.4. The van der Waals surface area contributed by atoms with Crippen molar-refractivity contribution in [1.29, 1.82) is 0 Å². The van der Waals surface area contributed by atoms with E-state index in [0.29, 0.717) is 0 Å². The Bertz CT molecular complexity index is 2790. The van der Waals surface area contributed by atoms with Crippen molar-refractivity contribution in [2.24, 2.45) is 0 Å². The summed E-state index contributed by atoms with van der Waals surface area (Å²) in [5.74, 6) is 0. The standard InChI is InChI=1S/C43H27N3/c1-3-15-28(16-4-1)36-27-39(33-22-9-12-24-35(33)44-36)45-38-26-14-11-23-34(38)41-40(29-17-5-2-6-18-29)42-32-21-8-7-19-30(32)31-20-10-13-25-37(31)46(42)43(41)45/h1-27H. The summed E-state index contributed by atoms with van der Waals surface area (Å²) in [6, 6.07) is 58.8. The molecule has 0 saturated carbocycles. The summed E-state index contributed by atoms with van der Waals surface area (Å²) in [4.78, 5) is 5.16. The highest BCUT2D eigenvalue weighted by Crippen LogP contribution is 2.47. The number of aromatic nitrogens is 3. The third-order valence-corrected chi connectivity index (χ3v) is 9.46. The summed E-state index contributed by atoms with van der Waals surface area (Å²) in [7, 11) is 0. The fraction of sp³-hybridized carbons (Fsp3) is 0. The van der Waals surface area contributed by atoms with Gasteiger partial charge in [0, 0.05) is 38.1 Å². The lowest BCUT2D eigenvalue weighted by Gasteiger charge is -2.16. The highest BCUT2D eigenvalue weighted by Gasteiger charge is 2.26. The van der Waals surface area contributed by atoms with Crippen LogP contribution in [-0.2, 0) is 0 Å². The molecule has 0 spiro atoms. The van der Waals surface area contributed by atoms with Crippen molar-refractivity contribution in [2.45, 2.75) is 0 Å². The molecule has 0 N–H and O–H groups in total. The minimum absolute atomic E-state index is 0.958. The van der Waals surface area contributed by atoms with Gasteiger partial charge in [0.05, 0.1) is 33.4 Å². The predicted molar refractivity (Wildman–Crippen MR) is 193 cm³/mol. The fourth-order valence-corrected chi connectivity index (χ4v) is 7.56. The van der Waals surface area contributed by atoms with Gasteiger partial charge in [-0.05, 0) is 35.2 Å². The van der Waals surface area contributed by atoms with Gasteiger partial charge in [0.2, 0.25) is 0 Å². The van der Waals surface area contributed by atoms with Gasteiger partial charge in [0.25, 0.3) is 0 Å². The summed E-state index contributed by atoms with van der Waals surface area (Å²) in [5, 5.41) is 7.35. The van der Waals surface area contributed by atoms with Crippen LogP contribution in [0.5, 0.6) is 0 Å². The Kier molecular flexibility index (Phi) is 5.28. The average molecular weight is 586 g/mol. The first kappa shape index (κ1) is 25.2. The van der Waals surface area contributed by atoms with Gasteiger partial charge in [-0.15, -0.1) is 0 Å². The number of nitrogens with zero attached hydrogens (tertiary/aromatic N) is 3. The Morgan fingerprint density at radius 3 is 1.76 bits per heavy atom. The van der Waals surface area contributed by atoms with Gasteiger partial charge in [0.1, 0.15) is 5.65 Å². The SMILES string of the molecule is c1ccc(-c2cc(-n3c4ccccc4c4c(-c5ccccc5)c5c6ccccc6c6ccccc6n5c43)c3ccccc3n2)cc1. The van der Waals surface area contributed by atoms with Gasteiger partial charge >= 0.3 is 0 Å². The van der Waals surface area contributed by atoms with E-state index in [9.17, 15) is 0 Å². The molecule has 0 bridgehead atoms. The highest BCUT2D eigenvalue weighted by atomic mass is 15.1. The molecule has 4 heterocycles. The van der Waals surface area contributed by atoms with Crippen LogP contribution in [0.3, 0.4) is 0 Å². The second-order valence-electron chi connectivity index (χ2n) is 11.9. The minimum atomic E-state index is 0.958. The van der Waals surface area contributed by atoms with Crippen LogP contribution in [-0.4, -0.2) is 14.0 Å². The molecule has 0 amide bonds. The highest BCUT2D eigenvalue weighted by molar-refractivity contribution is 6.27. The van der Waals surface area contributed by atoms with E-state index in [0.717, 1.165) is 33.5 Å². The Morgan fingerprint density at radius 1 is 0.435 bits per heavy atom. The molecule has 0 atom stereocenters. The molecule has 4 aromatic heterocycles. The lowest BCUT2D eigenvalue weighted by Crippen LogP contribution is -2.01. The summed E-state index contributed by atoms with van der Waals surface area (Å²) < 4.78 is 5.01. The van der Waals surface area contributed by atoms with E-state index in [1.54, 1.807) is 0 Å². The quantitative estimate of drug-likeness (QED) is 0.189. The number of pyridine rings is 2. The van der Waals surface area contributed by atoms with E-state index in [1.807, 2.05) is 0 Å². The van der Waals surface area contributed by atoms with Gasteiger partial charge in [-0.25, -0.2) is 4.98 Å². The number of rotatable bonds is 3. The fourth-order valence-electron chi connectivity index (χ4n) is 7.56. The van der Waals surface area contributed by atoms with Crippen molar-refractivity contribution in [3.63, 3.8) is 0 Å². The normalized spacial score (nSPS) is 11.9. The van der Waals surface area contributed by atoms with Crippen LogP contribution < -0.4 is 0 Å². The molecule has 0 saturated heterocycles. The van der Waals surface area contributed by atoms with Gasteiger partial charge in [0.15, 0.2) is 0 Å². The van der Waals surface area contributed by atoms with Crippen molar-refractivity contribution in [3.8, 4) is 28.1 Å². The van der Waals surface area contributed by atoms with Crippen LogP contribution in [0.2, 0.25) is 0 Å². The molecule has 0 aliphatic heterocycles. The number of hydrogen-bond acceptors (Lipinski definition) is 1. The van der Waals surface area contributed by atoms with Crippen molar-refractivity contribution in [3.05, 3.63) is 164 Å². The Balaban J connectivity index is 1.51. The number of benzene rings is 6. The monoisotopic (exact) mass is 585 g/mol. The predicted octanol–water partition coefficient (Wildman–Crippen LogP) is 11.2. The van der Waals surface area contributed by atoms with Crippen LogP contribution in [0.4, 0.5) is 0 Å². The van der Waals surface area contributed by atoms with Crippen LogP contribution in [0.15, 0.2) is 164 Å². The average Bonchev–Trinajstić information content (AvgIpc) is 3.65. The van der Waals surface area contributed by atoms with Crippen LogP contribution in [0.25, 0.3) is 88.1 Å². The first-order valence-corrected chi connectivity index (χ1v) is 15.7. The minimum Gasteiger partial charge on any atom is -0.294 e. The van der Waals surface area contributed by atoms with Crippen molar-refractivity contribution in [2.75, 3.05) is 0 Å². The Hall–Kier alpha value is -6.19. The van der Waals surface area contributed by atoms with E-state index < -0.39 is 0 Å². The maximum absolute atomic E-state index is 5.16. The second-order valence-corrected chi connectivity index (χ2v) is 11.9. The molecule has 0 aliphatic carbocycles. The van der Waals surface area contributed by atoms with E-state index in [-0.39, 0.29) is 0 Å². The summed E-state index contributed by atoms with van der Waals surface area (Å²) >= 11 is 0.